The molecule has 1 amide bonds. The third kappa shape index (κ3) is 5.52. The third-order valence-corrected chi connectivity index (χ3v) is 3.63. The highest BCUT2D eigenvalue weighted by atomic mass is 19.4. The van der Waals surface area contributed by atoms with E-state index in [2.05, 4.69) is 0 Å². The highest BCUT2D eigenvalue weighted by Gasteiger charge is 2.36. The molecule has 0 N–H and O–H groups in total. The van der Waals surface area contributed by atoms with Crippen LogP contribution in [0.15, 0.2) is 18.2 Å². The van der Waals surface area contributed by atoms with Crippen molar-refractivity contribution in [3.05, 3.63) is 35.1 Å². The van der Waals surface area contributed by atoms with Crippen LogP contribution in [-0.4, -0.2) is 23.9 Å². The molecule has 0 bridgehead atoms. The average Bonchev–Trinajstić information content (AvgIpc) is 2.49. The molecule has 0 heterocycles. The molecule has 0 unspecified atom stereocenters. The molecule has 23 heavy (non-hydrogen) atoms. The number of rotatable bonds is 8. The van der Waals surface area contributed by atoms with Crippen LogP contribution in [0.25, 0.3) is 0 Å². The Morgan fingerprint density at radius 1 is 1.04 bits per heavy atom. The standard InChI is InChI=1S/C17H23F4NO/c1-3-5-7-12-22(11-6-4-2)16(23)13-9-8-10-14(15(13)18)17(19,20)21/h8-10H,3-7,11-12H2,1-2H3. The lowest BCUT2D eigenvalue weighted by Crippen LogP contribution is -2.34. The summed E-state index contributed by atoms with van der Waals surface area (Å²) in [5.74, 6) is -2.15. The van der Waals surface area contributed by atoms with E-state index in [4.69, 9.17) is 0 Å². The normalized spacial score (nSPS) is 11.6. The Morgan fingerprint density at radius 3 is 2.22 bits per heavy atom. The molecular formula is C17H23F4NO. The molecule has 6 heteroatoms. The van der Waals surface area contributed by atoms with Gasteiger partial charge in [0.2, 0.25) is 0 Å². The van der Waals surface area contributed by atoms with Crippen LogP contribution in [-0.2, 0) is 6.18 Å². The summed E-state index contributed by atoms with van der Waals surface area (Å²) in [6.45, 7) is 4.83. The average molecular weight is 333 g/mol. The molecule has 0 radical (unpaired) electrons. The maximum Gasteiger partial charge on any atom is 0.419 e. The molecule has 0 aliphatic carbocycles. The van der Waals surface area contributed by atoms with E-state index in [1.165, 1.54) is 4.90 Å². The molecule has 2 nitrogen and oxygen atoms in total. The molecule has 0 aliphatic rings. The molecule has 0 saturated carbocycles. The van der Waals surface area contributed by atoms with Gasteiger partial charge in [0, 0.05) is 13.1 Å². The molecule has 0 atom stereocenters. The summed E-state index contributed by atoms with van der Waals surface area (Å²) < 4.78 is 52.5. The summed E-state index contributed by atoms with van der Waals surface area (Å²) >= 11 is 0. The van der Waals surface area contributed by atoms with E-state index in [0.717, 1.165) is 44.2 Å². The van der Waals surface area contributed by atoms with Gasteiger partial charge in [-0.25, -0.2) is 4.39 Å². The Bertz CT molecular complexity index is 514. The molecule has 0 spiro atoms. The van der Waals surface area contributed by atoms with Gasteiger partial charge in [-0.1, -0.05) is 39.2 Å². The molecule has 1 rings (SSSR count). The van der Waals surface area contributed by atoms with Gasteiger partial charge >= 0.3 is 6.18 Å². The van der Waals surface area contributed by atoms with Crippen LogP contribution in [0.3, 0.4) is 0 Å². The Hall–Kier alpha value is -1.59. The monoisotopic (exact) mass is 333 g/mol. The summed E-state index contributed by atoms with van der Waals surface area (Å²) in [6.07, 6.45) is -0.584. The lowest BCUT2D eigenvalue weighted by atomic mass is 10.1. The van der Waals surface area contributed by atoms with Gasteiger partial charge < -0.3 is 4.90 Å². The van der Waals surface area contributed by atoms with Crippen molar-refractivity contribution in [2.45, 2.75) is 52.1 Å². The number of carbonyl (C=O) groups excluding carboxylic acids is 1. The second kappa shape index (κ2) is 8.89. The van der Waals surface area contributed by atoms with Crippen molar-refractivity contribution in [3.63, 3.8) is 0 Å². The first-order valence-corrected chi connectivity index (χ1v) is 7.97. The van der Waals surface area contributed by atoms with Crippen molar-refractivity contribution in [1.29, 1.82) is 0 Å². The minimum atomic E-state index is -4.81. The molecule has 130 valence electrons. The van der Waals surface area contributed by atoms with Gasteiger partial charge in [0.1, 0.15) is 5.82 Å². The Labute approximate surface area is 134 Å². The summed E-state index contributed by atoms with van der Waals surface area (Å²) in [5, 5.41) is 0. The Balaban J connectivity index is 3.02. The smallest absolute Gasteiger partial charge is 0.339 e. The van der Waals surface area contributed by atoms with E-state index in [1.807, 2.05) is 13.8 Å². The highest BCUT2D eigenvalue weighted by molar-refractivity contribution is 5.94. The number of hydrogen-bond acceptors (Lipinski definition) is 1. The predicted molar refractivity (Wildman–Crippen MR) is 81.7 cm³/mol. The third-order valence-electron chi connectivity index (χ3n) is 3.63. The largest absolute Gasteiger partial charge is 0.419 e. The number of alkyl halides is 3. The van der Waals surface area contributed by atoms with Gasteiger partial charge in [0.15, 0.2) is 0 Å². The second-order valence-corrected chi connectivity index (χ2v) is 5.52. The number of carbonyl (C=O) groups is 1. The summed E-state index contributed by atoms with van der Waals surface area (Å²) in [4.78, 5) is 13.9. The number of halogens is 4. The fourth-order valence-electron chi connectivity index (χ4n) is 2.30. The molecule has 0 aliphatic heterocycles. The van der Waals surface area contributed by atoms with Crippen LogP contribution in [0.2, 0.25) is 0 Å². The van der Waals surface area contributed by atoms with Gasteiger partial charge in [0.25, 0.3) is 5.91 Å². The fraction of sp³-hybridized carbons (Fsp3) is 0.588. The van der Waals surface area contributed by atoms with Crippen molar-refractivity contribution >= 4 is 5.91 Å². The minimum absolute atomic E-state index is 0.425. The number of hydrogen-bond donors (Lipinski definition) is 0. The lowest BCUT2D eigenvalue weighted by molar-refractivity contribution is -0.140. The Kier molecular flexibility index (Phi) is 7.52. The zero-order valence-corrected chi connectivity index (χ0v) is 13.5. The van der Waals surface area contributed by atoms with Crippen LogP contribution < -0.4 is 0 Å². The quantitative estimate of drug-likeness (QED) is 0.468. The second-order valence-electron chi connectivity index (χ2n) is 5.52. The van der Waals surface area contributed by atoms with E-state index in [1.54, 1.807) is 0 Å². The van der Waals surface area contributed by atoms with Crippen LogP contribution >= 0.6 is 0 Å². The topological polar surface area (TPSA) is 20.3 Å². The first kappa shape index (κ1) is 19.5. The van der Waals surface area contributed by atoms with E-state index in [9.17, 15) is 22.4 Å². The van der Waals surface area contributed by atoms with E-state index in [-0.39, 0.29) is 0 Å². The van der Waals surface area contributed by atoms with Crippen LogP contribution in [0.5, 0.6) is 0 Å². The maximum absolute atomic E-state index is 14.1. The lowest BCUT2D eigenvalue weighted by Gasteiger charge is -2.23. The fourth-order valence-corrected chi connectivity index (χ4v) is 2.30. The van der Waals surface area contributed by atoms with Gasteiger partial charge in [-0.15, -0.1) is 0 Å². The van der Waals surface area contributed by atoms with Crippen LogP contribution in [0, 0.1) is 5.82 Å². The molecular weight excluding hydrogens is 310 g/mol. The number of nitrogens with zero attached hydrogens (tertiary/aromatic N) is 1. The molecule has 0 aromatic heterocycles. The van der Waals surface area contributed by atoms with Crippen molar-refractivity contribution in [2.75, 3.05) is 13.1 Å². The summed E-state index contributed by atoms with van der Waals surface area (Å²) in [7, 11) is 0. The Morgan fingerprint density at radius 2 is 1.65 bits per heavy atom. The van der Waals surface area contributed by atoms with Crippen molar-refractivity contribution in [2.24, 2.45) is 0 Å². The van der Waals surface area contributed by atoms with Crippen LogP contribution in [0.1, 0.15) is 61.9 Å². The van der Waals surface area contributed by atoms with Crippen LogP contribution in [0.4, 0.5) is 17.6 Å². The molecule has 0 fully saturated rings. The first-order chi connectivity index (χ1) is 10.8. The van der Waals surface area contributed by atoms with E-state index < -0.39 is 29.0 Å². The summed E-state index contributed by atoms with van der Waals surface area (Å²) in [5.41, 5.74) is -1.90. The molecule has 1 aromatic rings. The maximum atomic E-state index is 14.1. The van der Waals surface area contributed by atoms with Crippen molar-refractivity contribution in [1.82, 2.24) is 4.90 Å². The van der Waals surface area contributed by atoms with Gasteiger partial charge in [-0.05, 0) is 25.0 Å². The molecule has 0 saturated heterocycles. The SMILES string of the molecule is CCCCCN(CCCC)C(=O)c1cccc(C(F)(F)F)c1F. The van der Waals surface area contributed by atoms with Crippen molar-refractivity contribution < 1.29 is 22.4 Å². The van der Waals surface area contributed by atoms with Crippen molar-refractivity contribution in [3.8, 4) is 0 Å². The zero-order valence-electron chi connectivity index (χ0n) is 13.5. The number of unbranched alkanes of at least 4 members (excludes halogenated alkanes) is 3. The number of amides is 1. The predicted octanol–water partition coefficient (Wildman–Crippen LogP) is 5.28. The molecule has 1 aromatic carbocycles. The van der Waals surface area contributed by atoms with E-state index >= 15 is 0 Å². The zero-order chi connectivity index (χ0) is 17.5. The highest BCUT2D eigenvalue weighted by Crippen LogP contribution is 2.32. The van der Waals surface area contributed by atoms with Gasteiger partial charge in [0.05, 0.1) is 11.1 Å². The summed E-state index contributed by atoms with van der Waals surface area (Å²) in [6, 6.07) is 2.84. The minimum Gasteiger partial charge on any atom is -0.339 e. The van der Waals surface area contributed by atoms with E-state index in [0.29, 0.717) is 19.2 Å². The van der Waals surface area contributed by atoms with Gasteiger partial charge in [-0.2, -0.15) is 13.2 Å². The first-order valence-electron chi connectivity index (χ1n) is 7.97. The number of benzene rings is 1. The van der Waals surface area contributed by atoms with Gasteiger partial charge in [-0.3, -0.25) is 4.79 Å².